The van der Waals surface area contributed by atoms with Gasteiger partial charge in [0.15, 0.2) is 0 Å². The van der Waals surface area contributed by atoms with Gasteiger partial charge >= 0.3 is 12.3 Å². The molecule has 90 valence electrons. The van der Waals surface area contributed by atoms with Crippen molar-refractivity contribution in [2.45, 2.75) is 38.2 Å². The maximum absolute atomic E-state index is 12.5. The smallest absolute Gasteiger partial charge is 0.347 e. The largest absolute Gasteiger partial charge is 0.383 e. The fourth-order valence-corrected chi connectivity index (χ4v) is 0.978. The van der Waals surface area contributed by atoms with Crippen molar-refractivity contribution in [3.63, 3.8) is 0 Å². The molecule has 0 aromatic rings. The third-order valence-corrected chi connectivity index (χ3v) is 1.83. The van der Waals surface area contributed by atoms with Crippen LogP contribution in [0.25, 0.3) is 0 Å². The highest BCUT2D eigenvalue weighted by Gasteiger charge is 2.49. The van der Waals surface area contributed by atoms with Gasteiger partial charge in [-0.25, -0.2) is 8.78 Å². The van der Waals surface area contributed by atoms with Crippen LogP contribution < -0.4 is 11.1 Å². The summed E-state index contributed by atoms with van der Waals surface area (Å²) in [5.74, 6) is -6.62. The van der Waals surface area contributed by atoms with Crippen LogP contribution in [0.15, 0.2) is 0 Å². The first kappa shape index (κ1) is 14.2. The molecule has 3 nitrogen and oxygen atoms in total. The maximum Gasteiger partial charge on any atom is 0.383 e. The quantitative estimate of drug-likeness (QED) is 0.672. The van der Waals surface area contributed by atoms with Crippen molar-refractivity contribution >= 4 is 5.91 Å². The number of nitrogens with two attached hydrogens (primary N) is 1. The highest BCUT2D eigenvalue weighted by Crippen LogP contribution is 2.23. The second-order valence-electron chi connectivity index (χ2n) is 3.12. The summed E-state index contributed by atoms with van der Waals surface area (Å²) in [6, 6.07) is -0.688. The van der Waals surface area contributed by atoms with E-state index >= 15 is 0 Å². The lowest BCUT2D eigenvalue weighted by molar-refractivity contribution is -0.170. The molecule has 1 atom stereocenters. The molecule has 0 spiro atoms. The van der Waals surface area contributed by atoms with Gasteiger partial charge in [0.2, 0.25) is 0 Å². The van der Waals surface area contributed by atoms with Crippen LogP contribution in [-0.2, 0) is 4.79 Å². The van der Waals surface area contributed by atoms with E-state index in [-0.39, 0.29) is 6.54 Å². The SMILES string of the molecule is CCCC(CN)NC(=O)C(F)(F)C(F)F. The molecule has 0 aromatic heterocycles. The zero-order valence-corrected chi connectivity index (χ0v) is 8.27. The Labute approximate surface area is 85.0 Å². The van der Waals surface area contributed by atoms with Gasteiger partial charge in [-0.2, -0.15) is 8.78 Å². The number of alkyl halides is 4. The lowest BCUT2D eigenvalue weighted by Crippen LogP contribution is -2.50. The summed E-state index contributed by atoms with van der Waals surface area (Å²) < 4.78 is 48.5. The molecule has 3 N–H and O–H groups in total. The Morgan fingerprint density at radius 1 is 1.47 bits per heavy atom. The molecule has 7 heteroatoms. The molecule has 1 unspecified atom stereocenters. The van der Waals surface area contributed by atoms with Gasteiger partial charge < -0.3 is 11.1 Å². The topological polar surface area (TPSA) is 55.1 Å². The molecule has 0 aliphatic rings. The summed E-state index contributed by atoms with van der Waals surface area (Å²) in [6.45, 7) is 1.71. The van der Waals surface area contributed by atoms with Crippen LogP contribution in [0.5, 0.6) is 0 Å². The number of halogens is 4. The fraction of sp³-hybridized carbons (Fsp3) is 0.875. The van der Waals surface area contributed by atoms with Crippen molar-refractivity contribution in [1.82, 2.24) is 5.32 Å². The fourth-order valence-electron chi connectivity index (χ4n) is 0.978. The standard InChI is InChI=1S/C8H14F4N2O/c1-2-3-5(4-13)14-7(15)8(11,12)6(9)10/h5-6H,2-4,13H2,1H3,(H,14,15). The minimum absolute atomic E-state index is 0.0566. The number of hydrogen-bond donors (Lipinski definition) is 2. The normalized spacial score (nSPS) is 14.1. The van der Waals surface area contributed by atoms with Crippen molar-refractivity contribution in [3.05, 3.63) is 0 Å². The van der Waals surface area contributed by atoms with E-state index in [9.17, 15) is 22.4 Å². The summed E-state index contributed by atoms with van der Waals surface area (Å²) in [5, 5.41) is 1.80. The lowest BCUT2D eigenvalue weighted by atomic mass is 10.1. The van der Waals surface area contributed by atoms with E-state index in [0.717, 1.165) is 0 Å². The molecule has 0 aromatic carbocycles. The molecular formula is C8H14F4N2O. The van der Waals surface area contributed by atoms with Crippen LogP contribution >= 0.6 is 0 Å². The first-order valence-corrected chi connectivity index (χ1v) is 4.53. The summed E-state index contributed by atoms with van der Waals surface area (Å²) >= 11 is 0. The Balaban J connectivity index is 4.33. The van der Waals surface area contributed by atoms with Crippen molar-refractivity contribution < 1.29 is 22.4 Å². The molecule has 0 rings (SSSR count). The Hall–Kier alpha value is -0.850. The number of carbonyl (C=O) groups excluding carboxylic acids is 1. The van der Waals surface area contributed by atoms with Gasteiger partial charge in [0.1, 0.15) is 0 Å². The number of hydrogen-bond acceptors (Lipinski definition) is 2. The Bertz CT molecular complexity index is 211. The minimum Gasteiger partial charge on any atom is -0.347 e. The minimum atomic E-state index is -4.65. The van der Waals surface area contributed by atoms with Gasteiger partial charge in [-0.1, -0.05) is 13.3 Å². The molecule has 0 bridgehead atoms. The second kappa shape index (κ2) is 5.89. The molecule has 0 radical (unpaired) electrons. The van der Waals surface area contributed by atoms with E-state index in [2.05, 4.69) is 0 Å². The van der Waals surface area contributed by atoms with E-state index < -0.39 is 24.3 Å². The predicted octanol–water partition coefficient (Wildman–Crippen LogP) is 1.13. The van der Waals surface area contributed by atoms with Crippen molar-refractivity contribution in [2.24, 2.45) is 5.73 Å². The predicted molar refractivity (Wildman–Crippen MR) is 46.8 cm³/mol. The first-order valence-electron chi connectivity index (χ1n) is 4.53. The van der Waals surface area contributed by atoms with E-state index in [1.807, 2.05) is 0 Å². The molecule has 15 heavy (non-hydrogen) atoms. The summed E-state index contributed by atoms with van der Waals surface area (Å²) in [7, 11) is 0. The highest BCUT2D eigenvalue weighted by atomic mass is 19.3. The monoisotopic (exact) mass is 230 g/mol. The van der Waals surface area contributed by atoms with Crippen molar-refractivity contribution in [3.8, 4) is 0 Å². The molecular weight excluding hydrogens is 216 g/mol. The molecule has 0 aliphatic carbocycles. The molecule has 0 heterocycles. The van der Waals surface area contributed by atoms with Gasteiger partial charge in [0, 0.05) is 12.6 Å². The van der Waals surface area contributed by atoms with E-state index in [1.54, 1.807) is 12.2 Å². The van der Waals surface area contributed by atoms with Gasteiger partial charge in [0.25, 0.3) is 5.91 Å². The number of nitrogens with one attached hydrogen (secondary N) is 1. The molecule has 1 amide bonds. The van der Waals surface area contributed by atoms with Gasteiger partial charge in [-0.3, -0.25) is 4.79 Å². The third kappa shape index (κ3) is 4.03. The molecule has 0 fully saturated rings. The summed E-state index contributed by atoms with van der Waals surface area (Å²) in [6.07, 6.45) is -3.01. The average Bonchev–Trinajstić information content (AvgIpc) is 2.16. The van der Waals surface area contributed by atoms with E-state index in [1.165, 1.54) is 0 Å². The summed E-state index contributed by atoms with van der Waals surface area (Å²) in [4.78, 5) is 10.8. The van der Waals surface area contributed by atoms with E-state index in [4.69, 9.17) is 5.73 Å². The summed E-state index contributed by atoms with van der Waals surface area (Å²) in [5.41, 5.74) is 5.18. The van der Waals surface area contributed by atoms with Crippen molar-refractivity contribution in [2.75, 3.05) is 6.54 Å². The van der Waals surface area contributed by atoms with Crippen LogP contribution in [0.2, 0.25) is 0 Å². The van der Waals surface area contributed by atoms with Crippen LogP contribution in [-0.4, -0.2) is 30.8 Å². The van der Waals surface area contributed by atoms with E-state index in [0.29, 0.717) is 12.8 Å². The zero-order chi connectivity index (χ0) is 12.1. The zero-order valence-electron chi connectivity index (χ0n) is 8.27. The van der Waals surface area contributed by atoms with Crippen LogP contribution in [0.4, 0.5) is 17.6 Å². The number of carbonyl (C=O) groups is 1. The van der Waals surface area contributed by atoms with Gasteiger partial charge in [0.05, 0.1) is 0 Å². The Morgan fingerprint density at radius 3 is 2.33 bits per heavy atom. The number of amides is 1. The Kier molecular flexibility index (Phi) is 5.56. The first-order chi connectivity index (χ1) is 6.86. The van der Waals surface area contributed by atoms with Crippen molar-refractivity contribution in [1.29, 1.82) is 0 Å². The Morgan fingerprint density at radius 2 is 2.00 bits per heavy atom. The highest BCUT2D eigenvalue weighted by molar-refractivity contribution is 5.84. The number of rotatable bonds is 6. The molecule has 0 saturated carbocycles. The van der Waals surface area contributed by atoms with Crippen LogP contribution in [0.3, 0.4) is 0 Å². The van der Waals surface area contributed by atoms with Gasteiger partial charge in [-0.05, 0) is 6.42 Å². The van der Waals surface area contributed by atoms with Crippen LogP contribution in [0.1, 0.15) is 19.8 Å². The van der Waals surface area contributed by atoms with Gasteiger partial charge in [-0.15, -0.1) is 0 Å². The maximum atomic E-state index is 12.5. The second-order valence-corrected chi connectivity index (χ2v) is 3.12. The molecule has 0 aliphatic heterocycles. The third-order valence-electron chi connectivity index (χ3n) is 1.83. The lowest BCUT2D eigenvalue weighted by Gasteiger charge is -2.20. The molecule has 0 saturated heterocycles. The van der Waals surface area contributed by atoms with Crippen LogP contribution in [0, 0.1) is 0 Å². The average molecular weight is 230 g/mol.